The van der Waals surface area contributed by atoms with Crippen molar-refractivity contribution in [1.29, 1.82) is 0 Å². The fourth-order valence-corrected chi connectivity index (χ4v) is 6.88. The number of aliphatic hydroxyl groups excluding tert-OH is 1. The molecule has 0 radical (unpaired) electrons. The van der Waals surface area contributed by atoms with E-state index in [1.54, 1.807) is 0 Å². The first-order valence-electron chi connectivity index (χ1n) is 14.7. The lowest BCUT2D eigenvalue weighted by atomic mass is 9.78. The van der Waals surface area contributed by atoms with Crippen LogP contribution in [0.3, 0.4) is 0 Å². The Labute approximate surface area is 240 Å². The summed E-state index contributed by atoms with van der Waals surface area (Å²) in [4.78, 5) is 30.7. The lowest BCUT2D eigenvalue weighted by Crippen LogP contribution is -2.47. The zero-order chi connectivity index (χ0) is 28.7. The molecule has 0 aliphatic carbocycles. The summed E-state index contributed by atoms with van der Waals surface area (Å²) in [5, 5.41) is 14.4. The molecular weight excluding hydrogens is 523 g/mol. The predicted octanol–water partition coefficient (Wildman–Crippen LogP) is 3.96. The van der Waals surface area contributed by atoms with E-state index >= 15 is 4.39 Å². The van der Waals surface area contributed by atoms with Crippen LogP contribution in [0.2, 0.25) is 0 Å². The number of amides is 1. The molecule has 3 fully saturated rings. The Kier molecular flexibility index (Phi) is 7.65. The molecule has 0 unspecified atom stereocenters. The molecule has 0 saturated carbocycles. The summed E-state index contributed by atoms with van der Waals surface area (Å²) in [5.41, 5.74) is 3.75. The molecule has 3 aromatic rings. The molecular formula is C31H39FN6O3. The van der Waals surface area contributed by atoms with Crippen LogP contribution in [-0.4, -0.2) is 87.8 Å². The Morgan fingerprint density at radius 1 is 1.22 bits per heavy atom. The lowest BCUT2D eigenvalue weighted by molar-refractivity contribution is -0.137. The predicted molar refractivity (Wildman–Crippen MR) is 155 cm³/mol. The van der Waals surface area contributed by atoms with Crippen molar-refractivity contribution >= 4 is 22.8 Å². The van der Waals surface area contributed by atoms with E-state index in [2.05, 4.69) is 34.0 Å². The van der Waals surface area contributed by atoms with Gasteiger partial charge in [0.1, 0.15) is 5.69 Å². The van der Waals surface area contributed by atoms with Gasteiger partial charge in [0, 0.05) is 50.4 Å². The zero-order valence-electron chi connectivity index (χ0n) is 24.1. The number of piperidine rings is 1. The molecule has 6 rings (SSSR count). The highest BCUT2D eigenvalue weighted by atomic mass is 19.1. The highest BCUT2D eigenvalue weighted by molar-refractivity contribution is 5.88. The number of aromatic nitrogens is 3. The number of nitrogens with zero attached hydrogens (tertiary/aromatic N) is 5. The van der Waals surface area contributed by atoms with Gasteiger partial charge in [0.05, 0.1) is 35.9 Å². The van der Waals surface area contributed by atoms with Gasteiger partial charge >= 0.3 is 0 Å². The van der Waals surface area contributed by atoms with Crippen molar-refractivity contribution in [3.05, 3.63) is 47.5 Å². The normalized spacial score (nSPS) is 25.5. The molecule has 41 heavy (non-hydrogen) atoms. The lowest BCUT2D eigenvalue weighted by Gasteiger charge is -2.39. The smallest absolute Gasteiger partial charge is 0.229 e. The summed E-state index contributed by atoms with van der Waals surface area (Å²) in [7, 11) is 1.91. The van der Waals surface area contributed by atoms with Crippen LogP contribution in [0.15, 0.2) is 30.6 Å². The van der Waals surface area contributed by atoms with Crippen molar-refractivity contribution in [2.45, 2.75) is 64.1 Å². The van der Waals surface area contributed by atoms with E-state index < -0.39 is 11.9 Å². The van der Waals surface area contributed by atoms with E-state index in [-0.39, 0.29) is 41.5 Å². The maximum Gasteiger partial charge on any atom is 0.229 e. The first kappa shape index (κ1) is 27.9. The molecule has 2 aromatic heterocycles. The van der Waals surface area contributed by atoms with E-state index in [9.17, 15) is 9.90 Å². The Hall–Kier alpha value is -3.21. The van der Waals surface area contributed by atoms with E-state index in [4.69, 9.17) is 9.72 Å². The number of halogens is 1. The minimum absolute atomic E-state index is 0.202. The maximum absolute atomic E-state index is 15.1. The van der Waals surface area contributed by atoms with Gasteiger partial charge in [-0.2, -0.15) is 0 Å². The SMILES string of the molecule is CC(C)c1c(CN2CCC[C@]3(CCN(C)C3=O)C2)cnc2ccc(-c3nc(N[C@@H]4CCOC[C@H]4O)ncc3F)cc12. The van der Waals surface area contributed by atoms with E-state index in [0.29, 0.717) is 18.6 Å². The average molecular weight is 563 g/mol. The summed E-state index contributed by atoms with van der Waals surface area (Å²) in [6.45, 7) is 8.41. The van der Waals surface area contributed by atoms with Gasteiger partial charge in [-0.1, -0.05) is 19.9 Å². The molecule has 9 nitrogen and oxygen atoms in total. The third kappa shape index (κ3) is 5.40. The quantitative estimate of drug-likeness (QED) is 0.466. The van der Waals surface area contributed by atoms with Crippen molar-refractivity contribution in [3.8, 4) is 11.3 Å². The van der Waals surface area contributed by atoms with Gasteiger partial charge in [-0.15, -0.1) is 0 Å². The van der Waals surface area contributed by atoms with Crippen LogP contribution in [0.1, 0.15) is 56.6 Å². The summed E-state index contributed by atoms with van der Waals surface area (Å²) >= 11 is 0. The number of ether oxygens (including phenoxy) is 1. The number of hydrogen-bond donors (Lipinski definition) is 2. The molecule has 3 aliphatic rings. The number of rotatable bonds is 6. The van der Waals surface area contributed by atoms with Crippen LogP contribution in [0.25, 0.3) is 22.2 Å². The molecule has 1 spiro atoms. The third-order valence-electron chi connectivity index (χ3n) is 9.00. The number of aliphatic hydroxyl groups is 1. The molecule has 0 bridgehead atoms. The Bertz CT molecular complexity index is 1450. The van der Waals surface area contributed by atoms with Gasteiger partial charge in [-0.3, -0.25) is 14.7 Å². The summed E-state index contributed by atoms with van der Waals surface area (Å²) in [6.07, 6.45) is 5.96. The number of likely N-dealkylation sites (tertiary alicyclic amines) is 2. The largest absolute Gasteiger partial charge is 0.389 e. The van der Waals surface area contributed by atoms with Crippen LogP contribution >= 0.6 is 0 Å². The Balaban J connectivity index is 1.31. The Morgan fingerprint density at radius 3 is 2.83 bits per heavy atom. The highest BCUT2D eigenvalue weighted by Crippen LogP contribution is 2.40. The summed E-state index contributed by atoms with van der Waals surface area (Å²) in [6, 6.07) is 5.48. The van der Waals surface area contributed by atoms with Crippen LogP contribution in [0.4, 0.5) is 10.3 Å². The number of nitrogens with one attached hydrogen (secondary N) is 1. The monoisotopic (exact) mass is 562 g/mol. The Morgan fingerprint density at radius 2 is 2.07 bits per heavy atom. The van der Waals surface area contributed by atoms with Gasteiger partial charge in [0.15, 0.2) is 5.82 Å². The fraction of sp³-hybridized carbons (Fsp3) is 0.548. The van der Waals surface area contributed by atoms with Crippen LogP contribution < -0.4 is 5.32 Å². The van der Waals surface area contributed by atoms with Crippen LogP contribution in [0, 0.1) is 11.2 Å². The number of hydrogen-bond acceptors (Lipinski definition) is 8. The fourth-order valence-electron chi connectivity index (χ4n) is 6.88. The summed E-state index contributed by atoms with van der Waals surface area (Å²) < 4.78 is 20.4. The van der Waals surface area contributed by atoms with Crippen molar-refractivity contribution < 1.29 is 19.0 Å². The van der Waals surface area contributed by atoms with Crippen molar-refractivity contribution in [1.82, 2.24) is 24.8 Å². The number of carbonyl (C=O) groups excluding carboxylic acids is 1. The maximum atomic E-state index is 15.1. The van der Waals surface area contributed by atoms with Gasteiger partial charge in [0.2, 0.25) is 11.9 Å². The van der Waals surface area contributed by atoms with Crippen LogP contribution in [0.5, 0.6) is 0 Å². The van der Waals surface area contributed by atoms with Crippen molar-refractivity contribution in [3.63, 3.8) is 0 Å². The highest BCUT2D eigenvalue weighted by Gasteiger charge is 2.47. The molecule has 2 N–H and O–H groups in total. The molecule has 1 amide bonds. The average Bonchev–Trinajstić information content (AvgIpc) is 3.22. The number of benzene rings is 1. The van der Waals surface area contributed by atoms with Gasteiger partial charge in [0.25, 0.3) is 0 Å². The second-order valence-corrected chi connectivity index (χ2v) is 12.2. The van der Waals surface area contributed by atoms with Gasteiger partial charge < -0.3 is 20.1 Å². The van der Waals surface area contributed by atoms with Crippen molar-refractivity contribution in [2.75, 3.05) is 45.2 Å². The molecule has 1 aromatic carbocycles. The van der Waals surface area contributed by atoms with E-state index in [1.165, 1.54) is 11.8 Å². The molecule has 3 atom stereocenters. The number of pyridine rings is 1. The standard InChI is InChI=1S/C31H39FN6O3/c1-19(2)27-21(16-38-10-4-8-31(18-38)9-11-37(3)29(31)40)14-33-24-6-5-20(13-22(24)27)28-23(32)15-34-30(36-28)35-25-7-12-41-17-26(25)39/h5-6,13-15,19,25-26,39H,4,7-12,16-18H2,1-3H3,(H,34,35,36)/t25-,26-,31+/m1/s1. The first-order chi connectivity index (χ1) is 19.7. The number of carbonyl (C=O) groups is 1. The number of fused-ring (bicyclic) bond motifs is 1. The molecule has 218 valence electrons. The molecule has 3 saturated heterocycles. The second-order valence-electron chi connectivity index (χ2n) is 12.2. The molecule has 10 heteroatoms. The van der Waals surface area contributed by atoms with Crippen molar-refractivity contribution in [2.24, 2.45) is 5.41 Å². The topological polar surface area (TPSA) is 104 Å². The zero-order valence-corrected chi connectivity index (χ0v) is 24.1. The molecule has 3 aliphatic heterocycles. The summed E-state index contributed by atoms with van der Waals surface area (Å²) in [5.74, 6) is 0.253. The first-order valence-corrected chi connectivity index (χ1v) is 14.7. The van der Waals surface area contributed by atoms with Gasteiger partial charge in [-0.05, 0) is 61.4 Å². The van der Waals surface area contributed by atoms with E-state index in [1.807, 2.05) is 36.3 Å². The van der Waals surface area contributed by atoms with Gasteiger partial charge in [-0.25, -0.2) is 14.4 Å². The van der Waals surface area contributed by atoms with Crippen LogP contribution in [-0.2, 0) is 16.1 Å². The minimum atomic E-state index is -0.679. The van der Waals surface area contributed by atoms with E-state index in [0.717, 1.165) is 61.9 Å². The minimum Gasteiger partial charge on any atom is -0.389 e. The molecule has 5 heterocycles. The third-order valence-corrected chi connectivity index (χ3v) is 9.00. The number of anilines is 1. The second kappa shape index (κ2) is 11.2.